The van der Waals surface area contributed by atoms with Crippen LogP contribution in [0.25, 0.3) is 0 Å². The highest BCUT2D eigenvalue weighted by molar-refractivity contribution is 9.10. The van der Waals surface area contributed by atoms with Gasteiger partial charge in [0.05, 0.1) is 0 Å². The van der Waals surface area contributed by atoms with Crippen molar-refractivity contribution in [3.8, 4) is 0 Å². The molecule has 0 unspecified atom stereocenters. The summed E-state index contributed by atoms with van der Waals surface area (Å²) in [7, 11) is 0. The van der Waals surface area contributed by atoms with Gasteiger partial charge in [0.1, 0.15) is 0 Å². The van der Waals surface area contributed by atoms with Crippen LogP contribution >= 0.6 is 15.9 Å². The SMILES string of the molecule is Cc1cncc(CNc2cc(C)ccc2Br)c1. The fraction of sp³-hybridized carbons (Fsp3) is 0.214. The summed E-state index contributed by atoms with van der Waals surface area (Å²) in [6.07, 6.45) is 3.76. The van der Waals surface area contributed by atoms with Gasteiger partial charge >= 0.3 is 0 Å². The largest absolute Gasteiger partial charge is 0.380 e. The van der Waals surface area contributed by atoms with Crippen LogP contribution in [0.1, 0.15) is 16.7 Å². The molecule has 0 radical (unpaired) electrons. The fourth-order valence-electron chi connectivity index (χ4n) is 1.69. The quantitative estimate of drug-likeness (QED) is 0.922. The molecule has 1 aromatic carbocycles. The Labute approximate surface area is 110 Å². The predicted molar refractivity (Wildman–Crippen MR) is 75.2 cm³/mol. The Balaban J connectivity index is 2.09. The summed E-state index contributed by atoms with van der Waals surface area (Å²) in [5.41, 5.74) is 4.75. The van der Waals surface area contributed by atoms with Gasteiger partial charge in [-0.25, -0.2) is 0 Å². The minimum atomic E-state index is 0.788. The van der Waals surface area contributed by atoms with Gasteiger partial charge < -0.3 is 5.32 Å². The van der Waals surface area contributed by atoms with Crippen molar-refractivity contribution in [2.75, 3.05) is 5.32 Å². The van der Waals surface area contributed by atoms with Crippen molar-refractivity contribution in [1.82, 2.24) is 4.98 Å². The molecular weight excluding hydrogens is 276 g/mol. The smallest absolute Gasteiger partial charge is 0.0489 e. The number of nitrogens with one attached hydrogen (secondary N) is 1. The van der Waals surface area contributed by atoms with Crippen molar-refractivity contribution in [2.24, 2.45) is 0 Å². The number of rotatable bonds is 3. The number of hydrogen-bond donors (Lipinski definition) is 1. The number of aromatic nitrogens is 1. The lowest BCUT2D eigenvalue weighted by atomic mass is 10.2. The second-order valence-electron chi connectivity index (χ2n) is 4.21. The van der Waals surface area contributed by atoms with Crippen LogP contribution < -0.4 is 5.32 Å². The minimum Gasteiger partial charge on any atom is -0.380 e. The van der Waals surface area contributed by atoms with E-state index in [2.05, 4.69) is 64.3 Å². The third kappa shape index (κ3) is 3.30. The van der Waals surface area contributed by atoms with E-state index in [9.17, 15) is 0 Å². The molecule has 0 bridgehead atoms. The molecule has 0 aliphatic heterocycles. The van der Waals surface area contributed by atoms with Crippen LogP contribution in [0.3, 0.4) is 0 Å². The van der Waals surface area contributed by atoms with Crippen molar-refractivity contribution < 1.29 is 0 Å². The first-order valence-electron chi connectivity index (χ1n) is 5.56. The van der Waals surface area contributed by atoms with Crippen molar-refractivity contribution in [2.45, 2.75) is 20.4 Å². The third-order valence-corrected chi connectivity index (χ3v) is 3.23. The van der Waals surface area contributed by atoms with E-state index < -0.39 is 0 Å². The third-order valence-electron chi connectivity index (χ3n) is 2.54. The summed E-state index contributed by atoms with van der Waals surface area (Å²) in [5, 5.41) is 3.41. The van der Waals surface area contributed by atoms with Crippen LogP contribution in [0.2, 0.25) is 0 Å². The molecule has 3 heteroatoms. The Hall–Kier alpha value is -1.35. The zero-order valence-corrected chi connectivity index (χ0v) is 11.6. The van der Waals surface area contributed by atoms with E-state index in [1.807, 2.05) is 12.4 Å². The zero-order chi connectivity index (χ0) is 12.3. The lowest BCUT2D eigenvalue weighted by molar-refractivity contribution is 1.09. The van der Waals surface area contributed by atoms with E-state index in [1.165, 1.54) is 16.7 Å². The Morgan fingerprint density at radius 3 is 2.71 bits per heavy atom. The second kappa shape index (κ2) is 5.32. The van der Waals surface area contributed by atoms with Gasteiger partial charge in [-0.3, -0.25) is 4.98 Å². The number of anilines is 1. The molecule has 0 atom stereocenters. The van der Waals surface area contributed by atoms with Gasteiger partial charge in [-0.05, 0) is 58.6 Å². The summed E-state index contributed by atoms with van der Waals surface area (Å²) in [6.45, 7) is 4.93. The highest BCUT2D eigenvalue weighted by Crippen LogP contribution is 2.23. The van der Waals surface area contributed by atoms with E-state index in [-0.39, 0.29) is 0 Å². The van der Waals surface area contributed by atoms with Gasteiger partial charge in [-0.15, -0.1) is 0 Å². The molecule has 0 aliphatic carbocycles. The average molecular weight is 291 g/mol. The molecule has 2 rings (SSSR count). The number of hydrogen-bond acceptors (Lipinski definition) is 2. The van der Waals surface area contributed by atoms with Crippen LogP contribution in [0.5, 0.6) is 0 Å². The minimum absolute atomic E-state index is 0.788. The predicted octanol–water partition coefficient (Wildman–Crippen LogP) is 4.07. The number of benzene rings is 1. The number of halogens is 1. The maximum absolute atomic E-state index is 4.18. The van der Waals surface area contributed by atoms with Gasteiger partial charge in [-0.2, -0.15) is 0 Å². The van der Waals surface area contributed by atoms with Crippen LogP contribution in [0, 0.1) is 13.8 Å². The topological polar surface area (TPSA) is 24.9 Å². The molecule has 17 heavy (non-hydrogen) atoms. The monoisotopic (exact) mass is 290 g/mol. The van der Waals surface area contributed by atoms with E-state index in [1.54, 1.807) is 0 Å². The number of aryl methyl sites for hydroxylation is 2. The van der Waals surface area contributed by atoms with E-state index in [4.69, 9.17) is 0 Å². The Kier molecular flexibility index (Phi) is 3.79. The summed E-state index contributed by atoms with van der Waals surface area (Å²) in [6, 6.07) is 8.42. The van der Waals surface area contributed by atoms with E-state index in [0.717, 1.165) is 16.7 Å². The van der Waals surface area contributed by atoms with Crippen LogP contribution in [-0.2, 0) is 6.54 Å². The normalized spacial score (nSPS) is 10.3. The molecule has 0 amide bonds. The first-order valence-corrected chi connectivity index (χ1v) is 6.35. The Bertz CT molecular complexity index is 523. The summed E-state index contributed by atoms with van der Waals surface area (Å²) in [4.78, 5) is 4.18. The van der Waals surface area contributed by atoms with Crippen LogP contribution in [0.4, 0.5) is 5.69 Å². The second-order valence-corrected chi connectivity index (χ2v) is 5.06. The van der Waals surface area contributed by atoms with Crippen molar-refractivity contribution in [1.29, 1.82) is 0 Å². The standard InChI is InChI=1S/C14H15BrN2/c1-10-3-4-13(15)14(6-10)17-9-12-5-11(2)7-16-8-12/h3-8,17H,9H2,1-2H3. The van der Waals surface area contributed by atoms with Crippen molar-refractivity contribution >= 4 is 21.6 Å². The highest BCUT2D eigenvalue weighted by atomic mass is 79.9. The van der Waals surface area contributed by atoms with Crippen molar-refractivity contribution in [3.05, 3.63) is 57.8 Å². The van der Waals surface area contributed by atoms with Gasteiger partial charge in [0.2, 0.25) is 0 Å². The molecule has 1 aromatic heterocycles. The molecule has 0 fully saturated rings. The fourth-order valence-corrected chi connectivity index (χ4v) is 2.07. The molecular formula is C14H15BrN2. The van der Waals surface area contributed by atoms with Crippen LogP contribution in [0.15, 0.2) is 41.1 Å². The average Bonchev–Trinajstić information content (AvgIpc) is 2.30. The molecule has 0 spiro atoms. The molecule has 2 aromatic rings. The number of pyridine rings is 1. The maximum Gasteiger partial charge on any atom is 0.0489 e. The molecule has 0 saturated heterocycles. The molecule has 1 heterocycles. The van der Waals surface area contributed by atoms with Gasteiger partial charge in [0, 0.05) is 29.1 Å². The first kappa shape index (κ1) is 12.1. The maximum atomic E-state index is 4.18. The van der Waals surface area contributed by atoms with Crippen LogP contribution in [-0.4, -0.2) is 4.98 Å². The van der Waals surface area contributed by atoms with Crippen molar-refractivity contribution in [3.63, 3.8) is 0 Å². The summed E-state index contributed by atoms with van der Waals surface area (Å²) < 4.78 is 1.09. The van der Waals surface area contributed by atoms with Gasteiger partial charge in [-0.1, -0.05) is 12.1 Å². The zero-order valence-electron chi connectivity index (χ0n) is 10.00. The summed E-state index contributed by atoms with van der Waals surface area (Å²) in [5.74, 6) is 0. The first-order chi connectivity index (χ1) is 8.15. The molecule has 88 valence electrons. The highest BCUT2D eigenvalue weighted by Gasteiger charge is 2.00. The van der Waals surface area contributed by atoms with E-state index >= 15 is 0 Å². The molecule has 2 nitrogen and oxygen atoms in total. The Morgan fingerprint density at radius 1 is 1.12 bits per heavy atom. The Morgan fingerprint density at radius 2 is 1.94 bits per heavy atom. The lowest BCUT2D eigenvalue weighted by Crippen LogP contribution is -2.01. The van der Waals surface area contributed by atoms with Gasteiger partial charge in [0.25, 0.3) is 0 Å². The number of nitrogens with zero attached hydrogens (tertiary/aromatic N) is 1. The van der Waals surface area contributed by atoms with E-state index in [0.29, 0.717) is 0 Å². The summed E-state index contributed by atoms with van der Waals surface area (Å²) >= 11 is 3.54. The van der Waals surface area contributed by atoms with Gasteiger partial charge in [0.15, 0.2) is 0 Å². The molecule has 1 N–H and O–H groups in total. The lowest BCUT2D eigenvalue weighted by Gasteiger charge is -2.09. The molecule has 0 aliphatic rings. The molecule has 0 saturated carbocycles.